The number of hydrogen-bond acceptors (Lipinski definition) is 5. The lowest BCUT2D eigenvalue weighted by Gasteiger charge is -2.23. The highest BCUT2D eigenvalue weighted by molar-refractivity contribution is 5.81. The predicted molar refractivity (Wildman–Crippen MR) is 100 cm³/mol. The van der Waals surface area contributed by atoms with Gasteiger partial charge in [-0.15, -0.1) is 0 Å². The Hall–Kier alpha value is -2.64. The molecule has 1 aromatic rings. The van der Waals surface area contributed by atoms with Crippen LogP contribution in [0.5, 0.6) is 0 Å². The van der Waals surface area contributed by atoms with Crippen molar-refractivity contribution < 1.29 is 32.6 Å². The Balaban J connectivity index is 0.000000396. The van der Waals surface area contributed by atoms with Gasteiger partial charge < -0.3 is 15.2 Å². The van der Waals surface area contributed by atoms with Crippen molar-refractivity contribution in [1.82, 2.24) is 10.2 Å². The number of carboxylic acids is 1. The summed E-state index contributed by atoms with van der Waals surface area (Å²) in [6.07, 6.45) is -3.55. The number of benzene rings is 1. The van der Waals surface area contributed by atoms with E-state index in [0.29, 0.717) is 11.6 Å². The molecule has 1 amide bonds. The first-order chi connectivity index (χ1) is 14.0. The molecule has 3 atom stereocenters. The third-order valence-electron chi connectivity index (χ3n) is 4.80. The Morgan fingerprint density at radius 3 is 2.63 bits per heavy atom. The molecule has 0 unspecified atom stereocenters. The number of carbonyl (C=O) groups excluding carboxylic acids is 1. The molecule has 2 saturated heterocycles. The Labute approximate surface area is 172 Å². The van der Waals surface area contributed by atoms with E-state index in [9.17, 15) is 18.0 Å². The second kappa shape index (κ2) is 9.91. The molecule has 2 N–H and O–H groups in total. The van der Waals surface area contributed by atoms with Gasteiger partial charge >= 0.3 is 12.1 Å². The van der Waals surface area contributed by atoms with Crippen LogP contribution in [0.15, 0.2) is 24.3 Å². The van der Waals surface area contributed by atoms with E-state index in [1.54, 1.807) is 0 Å². The van der Waals surface area contributed by atoms with E-state index >= 15 is 0 Å². The Morgan fingerprint density at radius 2 is 2.07 bits per heavy atom. The average molecular weight is 427 g/mol. The van der Waals surface area contributed by atoms with E-state index in [1.165, 1.54) is 0 Å². The van der Waals surface area contributed by atoms with Gasteiger partial charge in [0.2, 0.25) is 5.91 Å². The lowest BCUT2D eigenvalue weighted by molar-refractivity contribution is -0.192. The summed E-state index contributed by atoms with van der Waals surface area (Å²) in [6, 6.07) is 10.3. The first kappa shape index (κ1) is 23.6. The molecule has 3 rings (SSSR count). The van der Waals surface area contributed by atoms with E-state index in [4.69, 9.17) is 19.9 Å². The summed E-state index contributed by atoms with van der Waals surface area (Å²) >= 11 is 0. The molecule has 2 fully saturated rings. The molecular formula is C20H24F3N3O4. The summed E-state index contributed by atoms with van der Waals surface area (Å²) in [5.41, 5.74) is 1.83. The molecule has 2 heterocycles. The molecule has 0 spiro atoms. The van der Waals surface area contributed by atoms with Gasteiger partial charge in [-0.05, 0) is 38.0 Å². The van der Waals surface area contributed by atoms with E-state index in [0.717, 1.165) is 31.5 Å². The van der Waals surface area contributed by atoms with Crippen molar-refractivity contribution in [3.63, 3.8) is 0 Å². The molecule has 7 nitrogen and oxygen atoms in total. The third-order valence-corrected chi connectivity index (χ3v) is 4.80. The number of nitriles is 1. The van der Waals surface area contributed by atoms with Gasteiger partial charge in [-0.2, -0.15) is 18.4 Å². The summed E-state index contributed by atoms with van der Waals surface area (Å²) in [5.74, 6) is -2.76. The number of hydrogen-bond donors (Lipinski definition) is 2. The van der Waals surface area contributed by atoms with Crippen molar-refractivity contribution in [3.05, 3.63) is 35.4 Å². The molecule has 0 radical (unpaired) electrons. The molecule has 2 aliphatic heterocycles. The number of alkyl halides is 3. The van der Waals surface area contributed by atoms with Gasteiger partial charge in [-0.1, -0.05) is 12.1 Å². The molecule has 0 aromatic heterocycles. The first-order valence-electron chi connectivity index (χ1n) is 9.50. The van der Waals surface area contributed by atoms with E-state index in [2.05, 4.69) is 16.3 Å². The maximum absolute atomic E-state index is 12.1. The number of halogens is 3. The molecule has 0 aliphatic carbocycles. The van der Waals surface area contributed by atoms with E-state index in [-0.39, 0.29) is 24.2 Å². The Bertz CT molecular complexity index is 807. The standard InChI is InChI=1S/C18H23N3O2.C2HF3O2/c1-12(2)20-18(22)17-9-15-16(23-17)6-7-21(15)11-14-5-3-4-13(8-14)10-19;3-2(4,5)1(6)7/h3-5,8,12,15-17H,6-7,9,11H2,1-2H3,(H,20,22);(H,6,7)/t15-,16-,17+;/m0./s1. The number of nitrogens with zero attached hydrogens (tertiary/aromatic N) is 2. The number of likely N-dealkylation sites (tertiary alicyclic amines) is 1. The second-order valence-electron chi connectivity index (χ2n) is 7.50. The van der Waals surface area contributed by atoms with Crippen molar-refractivity contribution in [3.8, 4) is 6.07 Å². The van der Waals surface area contributed by atoms with Crippen LogP contribution in [0, 0.1) is 11.3 Å². The predicted octanol–water partition coefficient (Wildman–Crippen LogP) is 2.45. The lowest BCUT2D eigenvalue weighted by atomic mass is 10.1. The third kappa shape index (κ3) is 6.43. The number of rotatable bonds is 4. The number of carbonyl (C=O) groups is 2. The number of ether oxygens (including phenoxy) is 1. The smallest absolute Gasteiger partial charge is 0.475 e. The maximum atomic E-state index is 12.1. The highest BCUT2D eigenvalue weighted by Gasteiger charge is 2.45. The van der Waals surface area contributed by atoms with Crippen LogP contribution in [0.3, 0.4) is 0 Å². The van der Waals surface area contributed by atoms with Crippen molar-refractivity contribution in [2.24, 2.45) is 0 Å². The van der Waals surface area contributed by atoms with Crippen molar-refractivity contribution >= 4 is 11.9 Å². The number of carboxylic acid groups (broad SMARTS) is 1. The highest BCUT2D eigenvalue weighted by Crippen LogP contribution is 2.34. The van der Waals surface area contributed by atoms with Gasteiger partial charge in [0.05, 0.1) is 17.7 Å². The Kier molecular flexibility index (Phi) is 7.81. The largest absolute Gasteiger partial charge is 0.490 e. The fraction of sp³-hybridized carbons (Fsp3) is 0.550. The van der Waals surface area contributed by atoms with Crippen molar-refractivity contribution in [1.29, 1.82) is 5.26 Å². The zero-order valence-electron chi connectivity index (χ0n) is 16.6. The summed E-state index contributed by atoms with van der Waals surface area (Å²) in [7, 11) is 0. The van der Waals surface area contributed by atoms with Crippen LogP contribution in [0.1, 0.15) is 37.8 Å². The number of nitrogens with one attached hydrogen (secondary N) is 1. The minimum Gasteiger partial charge on any atom is -0.475 e. The van der Waals surface area contributed by atoms with Gasteiger partial charge in [0, 0.05) is 31.6 Å². The van der Waals surface area contributed by atoms with Crippen LogP contribution >= 0.6 is 0 Å². The summed E-state index contributed by atoms with van der Waals surface area (Å²) < 4.78 is 37.7. The van der Waals surface area contributed by atoms with E-state index < -0.39 is 12.1 Å². The van der Waals surface area contributed by atoms with Gasteiger partial charge in [0.1, 0.15) is 6.10 Å². The molecular weight excluding hydrogens is 403 g/mol. The van der Waals surface area contributed by atoms with Crippen LogP contribution in [0.2, 0.25) is 0 Å². The lowest BCUT2D eigenvalue weighted by Crippen LogP contribution is -2.39. The van der Waals surface area contributed by atoms with Crippen LogP contribution in [-0.4, -0.2) is 58.9 Å². The van der Waals surface area contributed by atoms with Crippen LogP contribution < -0.4 is 5.32 Å². The van der Waals surface area contributed by atoms with Crippen LogP contribution in [-0.2, 0) is 20.9 Å². The topological polar surface area (TPSA) is 103 Å². The zero-order chi connectivity index (χ0) is 22.5. The molecule has 1 aromatic carbocycles. The Morgan fingerprint density at radius 1 is 1.40 bits per heavy atom. The summed E-state index contributed by atoms with van der Waals surface area (Å²) in [5, 5.41) is 19.1. The SMILES string of the molecule is CC(C)NC(=O)[C@H]1C[C@H]2[C@H](CCN2Cc2cccc(C#N)c2)O1.O=C(O)C(F)(F)F. The van der Waals surface area contributed by atoms with Gasteiger partial charge in [0.15, 0.2) is 0 Å². The minimum absolute atomic E-state index is 0.000767. The van der Waals surface area contributed by atoms with Crippen molar-refractivity contribution in [2.45, 2.75) is 63.7 Å². The molecule has 30 heavy (non-hydrogen) atoms. The molecule has 0 bridgehead atoms. The minimum atomic E-state index is -5.08. The van der Waals surface area contributed by atoms with Crippen molar-refractivity contribution in [2.75, 3.05) is 6.54 Å². The molecule has 164 valence electrons. The number of amides is 1. The fourth-order valence-corrected chi connectivity index (χ4v) is 3.55. The van der Waals surface area contributed by atoms with Gasteiger partial charge in [-0.3, -0.25) is 9.69 Å². The summed E-state index contributed by atoms with van der Waals surface area (Å²) in [6.45, 7) is 5.70. The van der Waals surface area contributed by atoms with Crippen LogP contribution in [0.4, 0.5) is 13.2 Å². The average Bonchev–Trinajstić information content (AvgIpc) is 3.23. The first-order valence-corrected chi connectivity index (χ1v) is 9.50. The van der Waals surface area contributed by atoms with Gasteiger partial charge in [-0.25, -0.2) is 4.79 Å². The second-order valence-corrected chi connectivity index (χ2v) is 7.50. The molecule has 2 aliphatic rings. The zero-order valence-corrected chi connectivity index (χ0v) is 16.6. The highest BCUT2D eigenvalue weighted by atomic mass is 19.4. The quantitative estimate of drug-likeness (QED) is 0.765. The van der Waals surface area contributed by atoms with Crippen LogP contribution in [0.25, 0.3) is 0 Å². The van der Waals surface area contributed by atoms with E-state index in [1.807, 2.05) is 38.1 Å². The fourth-order valence-electron chi connectivity index (χ4n) is 3.55. The number of aliphatic carboxylic acids is 1. The van der Waals surface area contributed by atoms with Gasteiger partial charge in [0.25, 0.3) is 0 Å². The monoisotopic (exact) mass is 427 g/mol. The maximum Gasteiger partial charge on any atom is 0.490 e. The molecule has 10 heteroatoms. The summed E-state index contributed by atoms with van der Waals surface area (Å²) in [4.78, 5) is 23.4. The number of fused-ring (bicyclic) bond motifs is 1. The normalized spacial score (nSPS) is 23.3. The molecule has 0 saturated carbocycles.